The van der Waals surface area contributed by atoms with Crippen molar-refractivity contribution in [3.05, 3.63) is 65.0 Å². The third-order valence-electron chi connectivity index (χ3n) is 4.28. The van der Waals surface area contributed by atoms with Crippen LogP contribution in [0.3, 0.4) is 0 Å². The van der Waals surface area contributed by atoms with Crippen molar-refractivity contribution in [1.82, 2.24) is 5.32 Å². The van der Waals surface area contributed by atoms with E-state index in [4.69, 9.17) is 4.74 Å². The van der Waals surface area contributed by atoms with Gasteiger partial charge in [0.15, 0.2) is 6.61 Å². The molecule has 1 aliphatic rings. The van der Waals surface area contributed by atoms with E-state index in [9.17, 15) is 14.4 Å². The molecule has 1 heterocycles. The van der Waals surface area contributed by atoms with Crippen LogP contribution >= 0.6 is 11.3 Å². The zero-order chi connectivity index (χ0) is 19.5. The molecule has 0 aliphatic heterocycles. The fraction of sp³-hybridized carbons (Fsp3) is 0.190. The molecular formula is C21H18N2O4S. The average molecular weight is 394 g/mol. The number of hydrogen-bond donors (Lipinski definition) is 2. The molecule has 0 saturated heterocycles. The number of amides is 2. The smallest absolute Gasteiger partial charge is 0.348 e. The molecule has 2 aromatic carbocycles. The van der Waals surface area contributed by atoms with E-state index < -0.39 is 18.5 Å². The van der Waals surface area contributed by atoms with Crippen molar-refractivity contribution in [3.63, 3.8) is 0 Å². The number of carbonyl (C=O) groups is 3. The first-order valence-corrected chi connectivity index (χ1v) is 9.76. The Morgan fingerprint density at radius 1 is 1.04 bits per heavy atom. The molecule has 1 aromatic heterocycles. The minimum Gasteiger partial charge on any atom is -0.451 e. The lowest BCUT2D eigenvalue weighted by atomic mass is 10.2. The van der Waals surface area contributed by atoms with Crippen LogP contribution < -0.4 is 10.6 Å². The van der Waals surface area contributed by atoms with E-state index in [-0.39, 0.29) is 11.9 Å². The summed E-state index contributed by atoms with van der Waals surface area (Å²) in [6.07, 6.45) is 2.01. The average Bonchev–Trinajstić information content (AvgIpc) is 3.40. The number of fused-ring (bicyclic) bond motifs is 1. The van der Waals surface area contributed by atoms with Gasteiger partial charge in [0.25, 0.3) is 11.8 Å². The number of benzene rings is 2. The molecule has 3 aromatic rings. The second-order valence-corrected chi connectivity index (χ2v) is 7.69. The third kappa shape index (κ3) is 4.37. The lowest BCUT2D eigenvalue weighted by Crippen LogP contribution is -2.25. The summed E-state index contributed by atoms with van der Waals surface area (Å²) in [7, 11) is 0. The highest BCUT2D eigenvalue weighted by molar-refractivity contribution is 7.20. The topological polar surface area (TPSA) is 84.5 Å². The normalized spacial score (nSPS) is 13.1. The molecule has 1 saturated carbocycles. The summed E-state index contributed by atoms with van der Waals surface area (Å²) >= 11 is 1.33. The molecule has 28 heavy (non-hydrogen) atoms. The Morgan fingerprint density at radius 3 is 2.64 bits per heavy atom. The Labute approximate surface area is 165 Å². The highest BCUT2D eigenvalue weighted by Gasteiger charge is 2.23. The molecule has 4 rings (SSSR count). The molecule has 0 bridgehead atoms. The van der Waals surface area contributed by atoms with Crippen LogP contribution in [-0.4, -0.2) is 30.4 Å². The molecule has 0 unspecified atom stereocenters. The molecule has 7 heteroatoms. The van der Waals surface area contributed by atoms with Gasteiger partial charge in [-0.3, -0.25) is 9.59 Å². The van der Waals surface area contributed by atoms with Gasteiger partial charge in [-0.1, -0.05) is 24.3 Å². The molecule has 2 amide bonds. The van der Waals surface area contributed by atoms with Crippen molar-refractivity contribution in [2.75, 3.05) is 11.9 Å². The van der Waals surface area contributed by atoms with Crippen molar-refractivity contribution >= 4 is 44.9 Å². The summed E-state index contributed by atoms with van der Waals surface area (Å²) < 4.78 is 6.10. The first-order valence-electron chi connectivity index (χ1n) is 8.95. The molecule has 0 radical (unpaired) electrons. The number of thiophene rings is 1. The summed E-state index contributed by atoms with van der Waals surface area (Å²) in [5.74, 6) is -1.15. The highest BCUT2D eigenvalue weighted by Crippen LogP contribution is 2.25. The maximum absolute atomic E-state index is 12.2. The number of ether oxygens (including phenoxy) is 1. The van der Waals surface area contributed by atoms with Crippen LogP contribution in [0.2, 0.25) is 0 Å². The molecule has 6 nitrogen and oxygen atoms in total. The van der Waals surface area contributed by atoms with Gasteiger partial charge in [0.1, 0.15) is 4.88 Å². The summed E-state index contributed by atoms with van der Waals surface area (Å²) in [5.41, 5.74) is 0.957. The van der Waals surface area contributed by atoms with Crippen LogP contribution in [0.1, 0.15) is 32.9 Å². The van der Waals surface area contributed by atoms with E-state index >= 15 is 0 Å². The van der Waals surface area contributed by atoms with Gasteiger partial charge >= 0.3 is 5.97 Å². The molecule has 142 valence electrons. The zero-order valence-corrected chi connectivity index (χ0v) is 15.8. The van der Waals surface area contributed by atoms with E-state index in [1.54, 1.807) is 30.3 Å². The van der Waals surface area contributed by atoms with E-state index in [1.165, 1.54) is 11.3 Å². The van der Waals surface area contributed by atoms with Crippen molar-refractivity contribution in [2.24, 2.45) is 0 Å². The SMILES string of the molecule is O=C(COC(=O)c1cc2ccccc2s1)Nc1cccc(C(=O)NC2CC2)c1. The molecular weight excluding hydrogens is 376 g/mol. The summed E-state index contributed by atoms with van der Waals surface area (Å²) in [4.78, 5) is 36.8. The Balaban J connectivity index is 1.32. The van der Waals surface area contributed by atoms with Crippen LogP contribution in [0.5, 0.6) is 0 Å². The third-order valence-corrected chi connectivity index (χ3v) is 5.38. The van der Waals surface area contributed by atoms with E-state index in [2.05, 4.69) is 10.6 Å². The number of anilines is 1. The van der Waals surface area contributed by atoms with Gasteiger partial charge in [-0.05, 0) is 48.6 Å². The van der Waals surface area contributed by atoms with Crippen molar-refractivity contribution in [2.45, 2.75) is 18.9 Å². The van der Waals surface area contributed by atoms with E-state index in [0.717, 1.165) is 22.9 Å². The van der Waals surface area contributed by atoms with Crippen LogP contribution in [0.25, 0.3) is 10.1 Å². The lowest BCUT2D eigenvalue weighted by Gasteiger charge is -2.08. The molecule has 0 spiro atoms. The van der Waals surface area contributed by atoms with Gasteiger partial charge in [0.05, 0.1) is 0 Å². The van der Waals surface area contributed by atoms with Crippen LogP contribution in [0, 0.1) is 0 Å². The number of carbonyl (C=O) groups excluding carboxylic acids is 3. The van der Waals surface area contributed by atoms with Gasteiger partial charge in [-0.25, -0.2) is 4.79 Å². The predicted molar refractivity (Wildman–Crippen MR) is 108 cm³/mol. The van der Waals surface area contributed by atoms with Crippen molar-refractivity contribution in [1.29, 1.82) is 0 Å². The number of nitrogens with one attached hydrogen (secondary N) is 2. The Hall–Kier alpha value is -3.19. The highest BCUT2D eigenvalue weighted by atomic mass is 32.1. The van der Waals surface area contributed by atoms with Gasteiger partial charge in [-0.2, -0.15) is 0 Å². The maximum atomic E-state index is 12.2. The van der Waals surface area contributed by atoms with Gasteiger partial charge in [0.2, 0.25) is 0 Å². The maximum Gasteiger partial charge on any atom is 0.348 e. The lowest BCUT2D eigenvalue weighted by molar-refractivity contribution is -0.119. The van der Waals surface area contributed by atoms with E-state index in [1.807, 2.05) is 24.3 Å². The number of rotatable bonds is 6. The van der Waals surface area contributed by atoms with Crippen LogP contribution in [0.4, 0.5) is 5.69 Å². The minimum atomic E-state index is -0.533. The summed E-state index contributed by atoms with van der Waals surface area (Å²) in [6, 6.07) is 16.3. The Bertz CT molecular complexity index is 1020. The zero-order valence-electron chi connectivity index (χ0n) is 14.9. The summed E-state index contributed by atoms with van der Waals surface area (Å²) in [5, 5.41) is 6.51. The van der Waals surface area contributed by atoms with Crippen LogP contribution in [-0.2, 0) is 9.53 Å². The van der Waals surface area contributed by atoms with Crippen molar-refractivity contribution < 1.29 is 19.1 Å². The second kappa shape index (κ2) is 7.82. The Morgan fingerprint density at radius 2 is 1.86 bits per heavy atom. The largest absolute Gasteiger partial charge is 0.451 e. The minimum absolute atomic E-state index is 0.158. The fourth-order valence-corrected chi connectivity index (χ4v) is 3.67. The quantitative estimate of drug-likeness (QED) is 0.626. The van der Waals surface area contributed by atoms with Crippen molar-refractivity contribution in [3.8, 4) is 0 Å². The number of esters is 1. The first kappa shape index (κ1) is 18.2. The second-order valence-electron chi connectivity index (χ2n) is 6.60. The molecule has 1 fully saturated rings. The fourth-order valence-electron chi connectivity index (χ4n) is 2.72. The Kier molecular flexibility index (Phi) is 5.08. The number of hydrogen-bond acceptors (Lipinski definition) is 5. The van der Waals surface area contributed by atoms with Gasteiger partial charge in [-0.15, -0.1) is 11.3 Å². The molecule has 2 N–H and O–H groups in total. The van der Waals surface area contributed by atoms with Crippen LogP contribution in [0.15, 0.2) is 54.6 Å². The van der Waals surface area contributed by atoms with E-state index in [0.29, 0.717) is 16.1 Å². The first-order chi connectivity index (χ1) is 13.6. The summed E-state index contributed by atoms with van der Waals surface area (Å²) in [6.45, 7) is -0.397. The van der Waals surface area contributed by atoms with Gasteiger partial charge in [0, 0.05) is 22.0 Å². The monoisotopic (exact) mass is 394 g/mol. The molecule has 1 aliphatic carbocycles. The standard InChI is InChI=1S/C21H18N2O4S/c24-19(12-27-21(26)18-11-13-4-1-2-7-17(13)28-18)22-16-6-3-5-14(10-16)20(25)23-15-8-9-15/h1-7,10-11,15H,8-9,12H2,(H,22,24)(H,23,25). The van der Waals surface area contributed by atoms with Gasteiger partial charge < -0.3 is 15.4 Å². The molecule has 0 atom stereocenters. The predicted octanol–water partition coefficient (Wildman–Crippen LogP) is 3.59.